The predicted octanol–water partition coefficient (Wildman–Crippen LogP) is 14.1. The van der Waals surface area contributed by atoms with Crippen molar-refractivity contribution in [3.05, 3.63) is 170 Å². The molecule has 0 atom stereocenters. The minimum Gasteiger partial charge on any atom is -0.464 e. The zero-order valence-electron chi connectivity index (χ0n) is 27.4. The highest BCUT2D eigenvalue weighted by Gasteiger charge is 2.24. The van der Waals surface area contributed by atoms with E-state index in [0.29, 0.717) is 0 Å². The van der Waals surface area contributed by atoms with Crippen molar-refractivity contribution in [2.75, 3.05) is 0 Å². The van der Waals surface area contributed by atoms with Crippen molar-refractivity contribution >= 4 is 65.0 Å². The molecule has 0 aliphatic heterocycles. The number of rotatable bonds is 4. The lowest BCUT2D eigenvalue weighted by molar-refractivity contribution is 0.583. The van der Waals surface area contributed by atoms with Crippen molar-refractivity contribution in [1.82, 2.24) is 0 Å². The van der Waals surface area contributed by atoms with Crippen LogP contribution < -0.4 is 0 Å². The Balaban J connectivity index is 1.25. The Labute approximate surface area is 292 Å². The van der Waals surface area contributed by atoms with Crippen LogP contribution in [-0.4, -0.2) is 0 Å². The monoisotopic (exact) mass is 652 g/mol. The highest BCUT2D eigenvalue weighted by atomic mass is 16.3. The molecule has 0 radical (unpaired) electrons. The Hall–Kier alpha value is -6.84. The number of hydrogen-bond acceptors (Lipinski definition) is 3. The van der Waals surface area contributed by atoms with Gasteiger partial charge in [-0.25, -0.2) is 0 Å². The molecular weight excluding hydrogens is 625 g/mol. The molecule has 0 aliphatic carbocycles. The molecule has 3 aromatic heterocycles. The number of hydrogen-bond donors (Lipinski definition) is 0. The molecule has 3 heterocycles. The van der Waals surface area contributed by atoms with E-state index in [9.17, 15) is 0 Å². The average Bonchev–Trinajstić information content (AvgIpc) is 3.98. The van der Waals surface area contributed by atoms with Gasteiger partial charge in [0.15, 0.2) is 0 Å². The van der Waals surface area contributed by atoms with Gasteiger partial charge in [-0.05, 0) is 84.5 Å². The lowest BCUT2D eigenvalue weighted by Crippen LogP contribution is -1.91. The van der Waals surface area contributed by atoms with Crippen LogP contribution in [0.1, 0.15) is 0 Å². The molecule has 3 heteroatoms. The van der Waals surface area contributed by atoms with Gasteiger partial charge in [0.05, 0.1) is 12.5 Å². The second-order valence-corrected chi connectivity index (χ2v) is 13.1. The molecule has 0 saturated heterocycles. The summed E-state index contributed by atoms with van der Waals surface area (Å²) in [6, 6.07) is 55.7. The van der Waals surface area contributed by atoms with Crippen LogP contribution in [0.5, 0.6) is 0 Å². The molecule has 8 aromatic carbocycles. The standard InChI is InChI=1S/C48H28O3/c1-5-17-33-29(13-1)43(30-14-2-6-18-34(30)45(33)40-25-11-27-49-40)37-21-10-24-42-47(37)39-23-9-22-38(48(39)51-42)44-31-15-3-7-19-35(31)46(41-26-12-28-50-41)36-20-8-4-16-32(36)44/h1-28H. The summed E-state index contributed by atoms with van der Waals surface area (Å²) in [5.41, 5.74) is 8.50. The molecule has 11 rings (SSSR count). The van der Waals surface area contributed by atoms with Gasteiger partial charge >= 0.3 is 0 Å². The van der Waals surface area contributed by atoms with Crippen LogP contribution >= 0.6 is 0 Å². The number of furan rings is 3. The normalized spacial score (nSPS) is 11.9. The van der Waals surface area contributed by atoms with E-state index >= 15 is 0 Å². The average molecular weight is 653 g/mol. The zero-order chi connectivity index (χ0) is 33.5. The first kappa shape index (κ1) is 28.0. The van der Waals surface area contributed by atoms with Crippen LogP contribution in [0.4, 0.5) is 0 Å². The second-order valence-electron chi connectivity index (χ2n) is 13.1. The largest absolute Gasteiger partial charge is 0.464 e. The summed E-state index contributed by atoms with van der Waals surface area (Å²) >= 11 is 0. The van der Waals surface area contributed by atoms with Crippen LogP contribution in [0.15, 0.2) is 184 Å². The van der Waals surface area contributed by atoms with Gasteiger partial charge in [-0.3, -0.25) is 0 Å². The van der Waals surface area contributed by atoms with E-state index < -0.39 is 0 Å². The highest BCUT2D eigenvalue weighted by molar-refractivity contribution is 6.28. The topological polar surface area (TPSA) is 39.4 Å². The minimum atomic E-state index is 0.859. The van der Waals surface area contributed by atoms with Gasteiger partial charge in [0.25, 0.3) is 0 Å². The number of fused-ring (bicyclic) bond motifs is 7. The molecule has 0 saturated carbocycles. The first-order valence-electron chi connectivity index (χ1n) is 17.2. The van der Waals surface area contributed by atoms with Crippen molar-refractivity contribution < 1.29 is 13.3 Å². The maximum absolute atomic E-state index is 6.97. The Morgan fingerprint density at radius 2 is 0.686 bits per heavy atom. The summed E-state index contributed by atoms with van der Waals surface area (Å²) in [5.74, 6) is 1.72. The van der Waals surface area contributed by atoms with Gasteiger partial charge in [-0.1, -0.05) is 127 Å². The van der Waals surface area contributed by atoms with E-state index in [0.717, 1.165) is 93.6 Å². The quantitative estimate of drug-likeness (QED) is 0.178. The molecule has 0 bridgehead atoms. The SMILES string of the molecule is c1coc(-c2c3ccccc3c(-c3cccc4c3oc3cccc(-c5c6ccccc6c(-c6ccco6)c6ccccc56)c34)c3ccccc23)c1. The third-order valence-electron chi connectivity index (χ3n) is 10.5. The Bertz CT molecular complexity index is 3010. The molecule has 0 unspecified atom stereocenters. The van der Waals surface area contributed by atoms with Gasteiger partial charge in [-0.15, -0.1) is 0 Å². The second kappa shape index (κ2) is 10.8. The Morgan fingerprint density at radius 1 is 0.294 bits per heavy atom. The third-order valence-corrected chi connectivity index (χ3v) is 10.5. The fourth-order valence-corrected chi connectivity index (χ4v) is 8.46. The lowest BCUT2D eigenvalue weighted by atomic mass is 9.85. The maximum atomic E-state index is 6.97. The van der Waals surface area contributed by atoms with E-state index in [1.54, 1.807) is 12.5 Å². The van der Waals surface area contributed by atoms with Gasteiger partial charge in [-0.2, -0.15) is 0 Å². The summed E-state index contributed by atoms with van der Waals surface area (Å²) in [5, 5.41) is 11.4. The molecule has 0 aliphatic rings. The van der Waals surface area contributed by atoms with Crippen molar-refractivity contribution in [2.45, 2.75) is 0 Å². The van der Waals surface area contributed by atoms with Crippen LogP contribution in [0.3, 0.4) is 0 Å². The molecule has 0 fully saturated rings. The first-order chi connectivity index (χ1) is 25.3. The molecule has 238 valence electrons. The third kappa shape index (κ3) is 4.00. The summed E-state index contributed by atoms with van der Waals surface area (Å²) in [6.07, 6.45) is 3.50. The summed E-state index contributed by atoms with van der Waals surface area (Å²) in [7, 11) is 0. The minimum absolute atomic E-state index is 0.859. The van der Waals surface area contributed by atoms with E-state index in [2.05, 4.69) is 133 Å². The molecule has 3 nitrogen and oxygen atoms in total. The van der Waals surface area contributed by atoms with Gasteiger partial charge in [0.2, 0.25) is 0 Å². The molecule has 51 heavy (non-hydrogen) atoms. The fraction of sp³-hybridized carbons (Fsp3) is 0. The van der Waals surface area contributed by atoms with E-state index in [1.165, 1.54) is 16.3 Å². The van der Waals surface area contributed by atoms with Crippen LogP contribution in [-0.2, 0) is 0 Å². The molecule has 0 amide bonds. The summed E-state index contributed by atoms with van der Waals surface area (Å²) < 4.78 is 19.0. The van der Waals surface area contributed by atoms with Gasteiger partial charge in [0, 0.05) is 33.0 Å². The molecule has 0 N–H and O–H groups in total. The van der Waals surface area contributed by atoms with Crippen molar-refractivity contribution in [2.24, 2.45) is 0 Å². The zero-order valence-corrected chi connectivity index (χ0v) is 27.4. The van der Waals surface area contributed by atoms with Crippen LogP contribution in [0.2, 0.25) is 0 Å². The van der Waals surface area contributed by atoms with Gasteiger partial charge < -0.3 is 13.3 Å². The van der Waals surface area contributed by atoms with Crippen molar-refractivity contribution in [1.29, 1.82) is 0 Å². The lowest BCUT2D eigenvalue weighted by Gasteiger charge is -2.17. The predicted molar refractivity (Wildman–Crippen MR) is 210 cm³/mol. The van der Waals surface area contributed by atoms with E-state index in [4.69, 9.17) is 13.3 Å². The molecule has 0 spiro atoms. The number of benzene rings is 8. The van der Waals surface area contributed by atoms with Crippen LogP contribution in [0, 0.1) is 0 Å². The Morgan fingerprint density at radius 3 is 1.14 bits per heavy atom. The number of para-hydroxylation sites is 1. The fourth-order valence-electron chi connectivity index (χ4n) is 8.46. The summed E-state index contributed by atoms with van der Waals surface area (Å²) in [6.45, 7) is 0. The smallest absolute Gasteiger partial charge is 0.143 e. The maximum Gasteiger partial charge on any atom is 0.143 e. The van der Waals surface area contributed by atoms with E-state index in [-0.39, 0.29) is 0 Å². The Kier molecular flexibility index (Phi) is 5.96. The molecular formula is C48H28O3. The first-order valence-corrected chi connectivity index (χ1v) is 17.2. The summed E-state index contributed by atoms with van der Waals surface area (Å²) in [4.78, 5) is 0. The van der Waals surface area contributed by atoms with Crippen LogP contribution in [0.25, 0.3) is 110 Å². The van der Waals surface area contributed by atoms with Crippen molar-refractivity contribution in [3.8, 4) is 44.9 Å². The van der Waals surface area contributed by atoms with Crippen molar-refractivity contribution in [3.63, 3.8) is 0 Å². The molecule has 11 aromatic rings. The highest BCUT2D eigenvalue weighted by Crippen LogP contribution is 2.50. The van der Waals surface area contributed by atoms with Gasteiger partial charge in [0.1, 0.15) is 22.7 Å². The van der Waals surface area contributed by atoms with E-state index in [1.807, 2.05) is 24.3 Å².